The Morgan fingerprint density at radius 1 is 0.407 bits per heavy atom. The molecule has 0 aliphatic rings. The van der Waals surface area contributed by atoms with Crippen molar-refractivity contribution in [3.8, 4) is 0 Å². The maximum absolute atomic E-state index is 11.3. The molecule has 0 aliphatic carbocycles. The van der Waals surface area contributed by atoms with E-state index in [-0.39, 0.29) is 16.8 Å². The van der Waals surface area contributed by atoms with Crippen molar-refractivity contribution in [2.75, 3.05) is 0 Å². The molecule has 17 heteroatoms. The van der Waals surface area contributed by atoms with Crippen LogP contribution in [0.15, 0.2) is 0 Å². The third-order valence-corrected chi connectivity index (χ3v) is 1.91. The van der Waals surface area contributed by atoms with Crippen molar-refractivity contribution in [3.63, 3.8) is 0 Å². The first kappa shape index (κ1) is 30.1. The summed E-state index contributed by atoms with van der Waals surface area (Å²) in [6.07, 6.45) is -26.0. The van der Waals surface area contributed by atoms with Gasteiger partial charge in [-0.05, 0) is 0 Å². The minimum Gasteiger partial charge on any atom is -0.289 e. The second kappa shape index (κ2) is 10.0. The number of Topliss-reactive ketones (excluding diaryl/α,β-unsaturated/α-hetero) is 4. The van der Waals surface area contributed by atoms with Crippen LogP contribution in [0.4, 0.5) is 52.7 Å². The van der Waals surface area contributed by atoms with Crippen molar-refractivity contribution in [2.45, 2.75) is 37.5 Å². The molecule has 0 rings (SSSR count). The number of alkyl halides is 12. The van der Waals surface area contributed by atoms with Crippen LogP contribution < -0.4 is 0 Å². The molecule has 0 spiro atoms. The summed E-state index contributed by atoms with van der Waals surface area (Å²) in [6, 6.07) is 0. The topological polar surface area (TPSA) is 68.3 Å². The Labute approximate surface area is 150 Å². The number of carbonyl (C=O) groups excluding carboxylic acids is 4. The van der Waals surface area contributed by atoms with Gasteiger partial charge in [-0.3, -0.25) is 19.2 Å². The molecule has 0 aromatic rings. The number of halogens is 12. The predicted octanol–water partition coefficient (Wildman–Crippen LogP) is 3.28. The van der Waals surface area contributed by atoms with E-state index in [0.717, 1.165) is 0 Å². The molecule has 0 amide bonds. The van der Waals surface area contributed by atoms with E-state index in [1.165, 1.54) is 0 Å². The summed E-state index contributed by atoms with van der Waals surface area (Å²) in [4.78, 5) is 39.5. The molecule has 0 bridgehead atoms. The quantitative estimate of drug-likeness (QED) is 0.463. The number of hydrogen-bond donors (Lipinski definition) is 0. The van der Waals surface area contributed by atoms with Gasteiger partial charge in [0.1, 0.15) is 0 Å². The van der Waals surface area contributed by atoms with Gasteiger partial charge in [-0.15, -0.1) is 0 Å². The largest absolute Gasteiger partial charge is 2.00 e. The molecule has 159 valence electrons. The summed E-state index contributed by atoms with van der Waals surface area (Å²) in [6.45, 7) is 0. The van der Waals surface area contributed by atoms with Crippen LogP contribution in [0.1, 0.15) is 12.8 Å². The number of carbonyl (C=O) groups is 4. The molecular formula is C10H4CoF12O4+2. The van der Waals surface area contributed by atoms with Crippen LogP contribution in [0.2, 0.25) is 0 Å². The van der Waals surface area contributed by atoms with Crippen molar-refractivity contribution in [1.29, 1.82) is 0 Å². The average Bonchev–Trinajstić information content (AvgIpc) is 2.34. The standard InChI is InChI=1S/2C5H2F6O2.Co/c2*6-4(7,8)2(12)1-3(13)5(9,10)11;/h2*1H2;/q;;+2. The predicted molar refractivity (Wildman–Crippen MR) is 53.5 cm³/mol. The zero-order valence-electron chi connectivity index (χ0n) is 11.9. The minimum atomic E-state index is -5.40. The maximum atomic E-state index is 11.3. The van der Waals surface area contributed by atoms with Crippen LogP contribution in [0.3, 0.4) is 0 Å². The number of ketones is 4. The Kier molecular flexibility index (Phi) is 11.2. The van der Waals surface area contributed by atoms with Gasteiger partial charge in [0.2, 0.25) is 23.1 Å². The molecule has 0 saturated heterocycles. The maximum Gasteiger partial charge on any atom is 2.00 e. The van der Waals surface area contributed by atoms with E-state index < -0.39 is 60.7 Å². The molecule has 27 heavy (non-hydrogen) atoms. The zero-order chi connectivity index (χ0) is 21.7. The van der Waals surface area contributed by atoms with Crippen molar-refractivity contribution >= 4 is 23.1 Å². The van der Waals surface area contributed by atoms with E-state index in [0.29, 0.717) is 0 Å². The van der Waals surface area contributed by atoms with Crippen molar-refractivity contribution in [1.82, 2.24) is 0 Å². The Morgan fingerprint density at radius 3 is 0.593 bits per heavy atom. The molecule has 0 unspecified atom stereocenters. The second-order valence-corrected chi connectivity index (χ2v) is 4.04. The molecule has 0 N–H and O–H groups in total. The SMILES string of the molecule is O=C(CC(=O)C(F)(F)F)C(F)(F)F.O=C(CC(=O)C(F)(F)F)C(F)(F)F.[Co+2]. The van der Waals surface area contributed by atoms with E-state index in [1.54, 1.807) is 0 Å². The van der Waals surface area contributed by atoms with Crippen LogP contribution in [0.25, 0.3) is 0 Å². The monoisotopic (exact) mass is 475 g/mol. The van der Waals surface area contributed by atoms with Crippen molar-refractivity contribution < 1.29 is 88.6 Å². The fourth-order valence-electron chi connectivity index (χ4n) is 0.693. The molecule has 0 saturated carbocycles. The van der Waals surface area contributed by atoms with Gasteiger partial charge in [0, 0.05) is 0 Å². The van der Waals surface area contributed by atoms with Crippen molar-refractivity contribution in [3.05, 3.63) is 0 Å². The van der Waals surface area contributed by atoms with Gasteiger partial charge >= 0.3 is 41.5 Å². The van der Waals surface area contributed by atoms with Gasteiger partial charge in [0.25, 0.3) is 0 Å². The van der Waals surface area contributed by atoms with E-state index >= 15 is 0 Å². The summed E-state index contributed by atoms with van der Waals surface area (Å²) in [5, 5.41) is 0. The Hall–Kier alpha value is -1.65. The molecule has 4 nitrogen and oxygen atoms in total. The van der Waals surface area contributed by atoms with E-state index in [2.05, 4.69) is 0 Å². The van der Waals surface area contributed by atoms with Gasteiger partial charge in [0.05, 0.1) is 12.8 Å². The van der Waals surface area contributed by atoms with E-state index in [1.807, 2.05) is 0 Å². The molecule has 0 aromatic heterocycles. The number of hydrogen-bond acceptors (Lipinski definition) is 4. The summed E-state index contributed by atoms with van der Waals surface area (Å²) in [5.74, 6) is -10.8. The summed E-state index contributed by atoms with van der Waals surface area (Å²) < 4.78 is 136. The Bertz CT molecular complexity index is 456. The first-order chi connectivity index (χ1) is 11.1. The molecule has 0 atom stereocenters. The van der Waals surface area contributed by atoms with Crippen LogP contribution in [-0.4, -0.2) is 47.8 Å². The first-order valence-corrected chi connectivity index (χ1v) is 5.50. The van der Waals surface area contributed by atoms with Crippen LogP contribution >= 0.6 is 0 Å². The Morgan fingerprint density at radius 2 is 0.519 bits per heavy atom. The van der Waals surface area contributed by atoms with E-state index in [9.17, 15) is 71.9 Å². The fraction of sp³-hybridized carbons (Fsp3) is 0.600. The molecular weight excluding hydrogens is 471 g/mol. The Balaban J connectivity index is -0.000000411. The van der Waals surface area contributed by atoms with Gasteiger partial charge in [-0.1, -0.05) is 0 Å². The molecule has 1 radical (unpaired) electrons. The molecule has 0 heterocycles. The van der Waals surface area contributed by atoms with Gasteiger partial charge in [0.15, 0.2) is 0 Å². The van der Waals surface area contributed by atoms with Gasteiger partial charge in [-0.25, -0.2) is 0 Å². The third kappa shape index (κ3) is 13.2. The molecule has 0 fully saturated rings. The van der Waals surface area contributed by atoms with Gasteiger partial charge in [-0.2, -0.15) is 52.7 Å². The summed E-state index contributed by atoms with van der Waals surface area (Å²) in [5.41, 5.74) is 0. The van der Waals surface area contributed by atoms with Crippen LogP contribution in [-0.2, 0) is 36.0 Å². The zero-order valence-corrected chi connectivity index (χ0v) is 13.0. The van der Waals surface area contributed by atoms with Crippen molar-refractivity contribution in [2.24, 2.45) is 0 Å². The normalized spacial score (nSPS) is 12.3. The summed E-state index contributed by atoms with van der Waals surface area (Å²) in [7, 11) is 0. The molecule has 0 aromatic carbocycles. The fourth-order valence-corrected chi connectivity index (χ4v) is 0.693. The smallest absolute Gasteiger partial charge is 0.289 e. The second-order valence-electron chi connectivity index (χ2n) is 4.04. The van der Waals surface area contributed by atoms with Crippen LogP contribution in [0.5, 0.6) is 0 Å². The van der Waals surface area contributed by atoms with Gasteiger partial charge < -0.3 is 0 Å². The van der Waals surface area contributed by atoms with E-state index in [4.69, 9.17) is 0 Å². The third-order valence-electron chi connectivity index (χ3n) is 1.91. The number of rotatable bonds is 4. The van der Waals surface area contributed by atoms with Crippen LogP contribution in [0, 0.1) is 0 Å². The molecule has 0 aliphatic heterocycles. The first-order valence-electron chi connectivity index (χ1n) is 5.50. The average molecular weight is 475 g/mol. The minimum absolute atomic E-state index is 0. The summed E-state index contributed by atoms with van der Waals surface area (Å²) >= 11 is 0.